The van der Waals surface area contributed by atoms with Gasteiger partial charge in [0.2, 0.25) is 15.9 Å². The summed E-state index contributed by atoms with van der Waals surface area (Å²) in [5.41, 5.74) is 0.714. The molecule has 4 rings (SSSR count). The molecule has 0 spiro atoms. The summed E-state index contributed by atoms with van der Waals surface area (Å²) in [6.45, 7) is 1.19. The highest BCUT2D eigenvalue weighted by Crippen LogP contribution is 2.42. The minimum atomic E-state index is -3.77. The number of sulfonamides is 1. The van der Waals surface area contributed by atoms with Crippen LogP contribution in [-0.4, -0.2) is 49.7 Å². The summed E-state index contributed by atoms with van der Waals surface area (Å²) in [5, 5.41) is 9.27. The molecule has 0 bridgehead atoms. The molecule has 30 heavy (non-hydrogen) atoms. The van der Waals surface area contributed by atoms with Crippen LogP contribution in [0.4, 0.5) is 0 Å². The normalized spacial score (nSPS) is 19.4. The Labute approximate surface area is 177 Å². The van der Waals surface area contributed by atoms with Gasteiger partial charge in [-0.1, -0.05) is 55.3 Å². The number of hydrogen-bond acceptors (Lipinski definition) is 4. The van der Waals surface area contributed by atoms with Crippen molar-refractivity contribution >= 4 is 15.9 Å². The van der Waals surface area contributed by atoms with E-state index in [4.69, 9.17) is 0 Å². The SMILES string of the molecule is N#Cc1ccccc1S(=O)(=O)N1CCN(C(=O)C2(c3ccccc3)CCCC2)CC1. The second-order valence-electron chi connectivity index (χ2n) is 7.96. The largest absolute Gasteiger partial charge is 0.339 e. The third-order valence-corrected chi connectivity index (χ3v) is 8.30. The third-order valence-electron chi connectivity index (χ3n) is 6.34. The maximum Gasteiger partial charge on any atom is 0.244 e. The van der Waals surface area contributed by atoms with E-state index in [1.165, 1.54) is 16.4 Å². The highest BCUT2D eigenvalue weighted by Gasteiger charge is 2.45. The van der Waals surface area contributed by atoms with Crippen LogP contribution in [0.3, 0.4) is 0 Å². The van der Waals surface area contributed by atoms with Crippen molar-refractivity contribution in [1.29, 1.82) is 5.26 Å². The Morgan fingerprint density at radius 1 is 0.900 bits per heavy atom. The molecular formula is C23H25N3O3S. The quantitative estimate of drug-likeness (QED) is 0.757. The number of rotatable bonds is 4. The van der Waals surface area contributed by atoms with Crippen LogP contribution >= 0.6 is 0 Å². The van der Waals surface area contributed by atoms with Crippen molar-refractivity contribution < 1.29 is 13.2 Å². The van der Waals surface area contributed by atoms with Gasteiger partial charge in [-0.05, 0) is 30.5 Å². The third kappa shape index (κ3) is 3.51. The fourth-order valence-corrected chi connectivity index (χ4v) is 6.28. The molecule has 0 atom stereocenters. The number of hydrogen-bond donors (Lipinski definition) is 0. The molecule has 7 heteroatoms. The summed E-state index contributed by atoms with van der Waals surface area (Å²) in [6.07, 6.45) is 3.73. The van der Waals surface area contributed by atoms with E-state index >= 15 is 0 Å². The molecule has 2 fully saturated rings. The second kappa shape index (κ2) is 8.21. The first-order valence-corrected chi connectivity index (χ1v) is 11.8. The first-order chi connectivity index (χ1) is 14.5. The van der Waals surface area contributed by atoms with Crippen molar-refractivity contribution in [2.75, 3.05) is 26.2 Å². The lowest BCUT2D eigenvalue weighted by Gasteiger charge is -2.39. The van der Waals surface area contributed by atoms with E-state index in [1.54, 1.807) is 12.1 Å². The first-order valence-electron chi connectivity index (χ1n) is 10.3. The molecule has 1 aliphatic heterocycles. The van der Waals surface area contributed by atoms with E-state index < -0.39 is 15.4 Å². The smallest absolute Gasteiger partial charge is 0.244 e. The Bertz CT molecular complexity index is 1060. The molecule has 6 nitrogen and oxygen atoms in total. The number of carbonyl (C=O) groups is 1. The molecule has 2 aromatic carbocycles. The Balaban J connectivity index is 1.52. The molecule has 2 aliphatic rings. The molecule has 1 heterocycles. The predicted octanol–water partition coefficient (Wildman–Crippen LogP) is 2.90. The van der Waals surface area contributed by atoms with Crippen molar-refractivity contribution in [3.05, 3.63) is 65.7 Å². The Morgan fingerprint density at radius 3 is 2.13 bits per heavy atom. The van der Waals surface area contributed by atoms with Gasteiger partial charge >= 0.3 is 0 Å². The van der Waals surface area contributed by atoms with Gasteiger partial charge in [0.1, 0.15) is 6.07 Å². The van der Waals surface area contributed by atoms with Gasteiger partial charge in [0.05, 0.1) is 15.9 Å². The zero-order valence-corrected chi connectivity index (χ0v) is 17.6. The van der Waals surface area contributed by atoms with Gasteiger partial charge in [-0.25, -0.2) is 8.42 Å². The van der Waals surface area contributed by atoms with Crippen molar-refractivity contribution in [2.24, 2.45) is 0 Å². The monoisotopic (exact) mass is 423 g/mol. The molecule has 0 aromatic heterocycles. The minimum absolute atomic E-state index is 0.0313. The van der Waals surface area contributed by atoms with Gasteiger partial charge in [-0.2, -0.15) is 9.57 Å². The Morgan fingerprint density at radius 2 is 1.50 bits per heavy atom. The number of nitrogens with zero attached hydrogens (tertiary/aromatic N) is 3. The van der Waals surface area contributed by atoms with Crippen molar-refractivity contribution in [2.45, 2.75) is 36.0 Å². The van der Waals surface area contributed by atoms with Crippen molar-refractivity contribution in [3.8, 4) is 6.07 Å². The van der Waals surface area contributed by atoms with Gasteiger partial charge in [-0.15, -0.1) is 0 Å². The van der Waals surface area contributed by atoms with Crippen LogP contribution in [0.2, 0.25) is 0 Å². The minimum Gasteiger partial charge on any atom is -0.339 e. The molecule has 0 radical (unpaired) electrons. The molecule has 156 valence electrons. The maximum absolute atomic E-state index is 13.6. The van der Waals surface area contributed by atoms with Crippen LogP contribution in [0.15, 0.2) is 59.5 Å². The summed E-state index contributed by atoms with van der Waals surface area (Å²) in [5.74, 6) is 0.112. The summed E-state index contributed by atoms with van der Waals surface area (Å²) < 4.78 is 27.5. The molecule has 0 unspecified atom stereocenters. The van der Waals surface area contributed by atoms with Crippen molar-refractivity contribution in [1.82, 2.24) is 9.21 Å². The van der Waals surface area contributed by atoms with Crippen LogP contribution in [0, 0.1) is 11.3 Å². The van der Waals surface area contributed by atoms with Crippen LogP contribution < -0.4 is 0 Å². The van der Waals surface area contributed by atoms with Crippen LogP contribution in [-0.2, 0) is 20.2 Å². The average molecular weight is 424 g/mol. The Hall–Kier alpha value is -2.69. The Kier molecular flexibility index (Phi) is 5.63. The molecule has 0 N–H and O–H groups in total. The molecule has 1 aliphatic carbocycles. The van der Waals surface area contributed by atoms with Gasteiger partial charge in [0.25, 0.3) is 0 Å². The lowest BCUT2D eigenvalue weighted by molar-refractivity contribution is -0.138. The fourth-order valence-electron chi connectivity index (χ4n) is 4.72. The summed E-state index contributed by atoms with van der Waals surface area (Å²) in [6, 6.07) is 18.2. The van der Waals surface area contributed by atoms with Gasteiger partial charge in [0.15, 0.2) is 0 Å². The number of benzene rings is 2. The van der Waals surface area contributed by atoms with Crippen molar-refractivity contribution in [3.63, 3.8) is 0 Å². The van der Waals surface area contributed by atoms with Gasteiger partial charge in [-0.3, -0.25) is 4.79 Å². The summed E-state index contributed by atoms with van der Waals surface area (Å²) in [7, 11) is -3.77. The molecule has 2 aromatic rings. The van der Waals surface area contributed by atoms with E-state index in [2.05, 4.69) is 0 Å². The fraction of sp³-hybridized carbons (Fsp3) is 0.391. The van der Waals surface area contributed by atoms with Crippen LogP contribution in [0.5, 0.6) is 0 Å². The number of nitriles is 1. The maximum atomic E-state index is 13.6. The van der Waals surface area contributed by atoms with E-state index in [0.717, 1.165) is 31.2 Å². The number of carbonyl (C=O) groups excluding carboxylic acids is 1. The number of piperazine rings is 1. The highest BCUT2D eigenvalue weighted by molar-refractivity contribution is 7.89. The topological polar surface area (TPSA) is 81.5 Å². The highest BCUT2D eigenvalue weighted by atomic mass is 32.2. The van der Waals surface area contributed by atoms with E-state index in [9.17, 15) is 18.5 Å². The predicted molar refractivity (Wildman–Crippen MR) is 113 cm³/mol. The molecule has 1 amide bonds. The standard InChI is InChI=1S/C23H25N3O3S/c24-18-19-8-4-5-11-21(19)30(28,29)26-16-14-25(15-17-26)22(27)23(12-6-7-13-23)20-9-2-1-3-10-20/h1-5,8-11H,6-7,12-17H2. The summed E-state index contributed by atoms with van der Waals surface area (Å²) in [4.78, 5) is 15.4. The van der Waals surface area contributed by atoms with E-state index in [1.807, 2.05) is 41.3 Å². The van der Waals surface area contributed by atoms with Crippen LogP contribution in [0.1, 0.15) is 36.8 Å². The first kappa shape index (κ1) is 20.6. The van der Waals surface area contributed by atoms with E-state index in [0.29, 0.717) is 13.1 Å². The molecule has 1 saturated heterocycles. The summed E-state index contributed by atoms with van der Waals surface area (Å²) >= 11 is 0. The molecular weight excluding hydrogens is 398 g/mol. The lowest BCUT2D eigenvalue weighted by atomic mass is 9.77. The molecule has 1 saturated carbocycles. The second-order valence-corrected chi connectivity index (χ2v) is 9.87. The lowest BCUT2D eigenvalue weighted by Crippen LogP contribution is -2.55. The zero-order chi connectivity index (χ0) is 21.2. The van der Waals surface area contributed by atoms with Gasteiger partial charge < -0.3 is 4.90 Å². The number of amides is 1. The van der Waals surface area contributed by atoms with E-state index in [-0.39, 0.29) is 29.5 Å². The zero-order valence-electron chi connectivity index (χ0n) is 16.8. The average Bonchev–Trinajstić information content (AvgIpc) is 3.30. The van der Waals surface area contributed by atoms with Gasteiger partial charge in [0, 0.05) is 26.2 Å². The van der Waals surface area contributed by atoms with Crippen LogP contribution in [0.25, 0.3) is 0 Å².